The first-order valence-electron chi connectivity index (χ1n) is 11.9. The number of amides is 2. The number of thioether (sulfide) groups is 1. The molecule has 2 aliphatic rings. The Bertz CT molecular complexity index is 955. The van der Waals surface area contributed by atoms with Crippen molar-refractivity contribution in [2.24, 2.45) is 0 Å². The lowest BCUT2D eigenvalue weighted by Gasteiger charge is -2.34. The van der Waals surface area contributed by atoms with Crippen LogP contribution in [-0.4, -0.2) is 89.5 Å². The Morgan fingerprint density at radius 2 is 1.79 bits per heavy atom. The van der Waals surface area contributed by atoms with Crippen LogP contribution in [0.4, 0.5) is 5.69 Å². The minimum Gasteiger partial charge on any atom is -0.355 e. The van der Waals surface area contributed by atoms with E-state index in [1.54, 1.807) is 4.90 Å². The molecule has 1 aromatic heterocycles. The highest BCUT2D eigenvalue weighted by atomic mass is 32.2. The molecule has 8 nitrogen and oxygen atoms in total. The Labute approximate surface area is 200 Å². The number of benzene rings is 1. The molecule has 0 atom stereocenters. The first kappa shape index (κ1) is 23.8. The zero-order chi connectivity index (χ0) is 23.2. The number of aryl methyl sites for hydroxylation is 1. The zero-order valence-corrected chi connectivity index (χ0v) is 20.4. The predicted octanol–water partition coefficient (Wildman–Crippen LogP) is 2.15. The van der Waals surface area contributed by atoms with Gasteiger partial charge in [-0.3, -0.25) is 14.5 Å². The van der Waals surface area contributed by atoms with E-state index in [0.717, 1.165) is 61.2 Å². The summed E-state index contributed by atoms with van der Waals surface area (Å²) in [5.41, 5.74) is 2.45. The Morgan fingerprint density at radius 1 is 1.09 bits per heavy atom. The van der Waals surface area contributed by atoms with Gasteiger partial charge in [0.1, 0.15) is 11.6 Å². The van der Waals surface area contributed by atoms with E-state index in [9.17, 15) is 9.59 Å². The van der Waals surface area contributed by atoms with Gasteiger partial charge in [0.15, 0.2) is 0 Å². The predicted molar refractivity (Wildman–Crippen MR) is 132 cm³/mol. The van der Waals surface area contributed by atoms with Crippen molar-refractivity contribution in [3.05, 3.63) is 36.0 Å². The molecule has 0 radical (unpaired) electrons. The summed E-state index contributed by atoms with van der Waals surface area (Å²) in [6.45, 7) is 11.4. The molecule has 2 aromatic rings. The molecule has 2 aliphatic heterocycles. The molecule has 1 N–H and O–H groups in total. The quantitative estimate of drug-likeness (QED) is 0.566. The fourth-order valence-electron chi connectivity index (χ4n) is 4.46. The molecule has 1 aromatic carbocycles. The number of piperazine rings is 1. The number of aromatic nitrogens is 2. The number of carbonyl (C=O) groups excluding carboxylic acids is 2. The van der Waals surface area contributed by atoms with Crippen LogP contribution in [0.5, 0.6) is 0 Å². The van der Waals surface area contributed by atoms with Gasteiger partial charge in [-0.15, -0.1) is 0 Å². The van der Waals surface area contributed by atoms with Crippen molar-refractivity contribution in [2.75, 3.05) is 63.0 Å². The normalized spacial score (nSPS) is 17.3. The van der Waals surface area contributed by atoms with E-state index in [2.05, 4.69) is 27.1 Å². The monoisotopic (exact) mass is 470 g/mol. The number of nitrogens with one attached hydrogen (secondary N) is 1. The molecule has 1 fully saturated rings. The summed E-state index contributed by atoms with van der Waals surface area (Å²) in [5.74, 6) is 0.131. The third-order valence-electron chi connectivity index (χ3n) is 6.17. The van der Waals surface area contributed by atoms with Crippen LogP contribution in [0.2, 0.25) is 0 Å². The topological polar surface area (TPSA) is 73.7 Å². The van der Waals surface area contributed by atoms with Gasteiger partial charge in [0.2, 0.25) is 11.8 Å². The fraction of sp³-hybridized carbons (Fsp3) is 0.542. The molecule has 1 saturated heterocycles. The van der Waals surface area contributed by atoms with E-state index in [1.807, 2.05) is 41.9 Å². The third-order valence-corrected chi connectivity index (χ3v) is 7.20. The molecular weight excluding hydrogens is 436 g/mol. The largest absolute Gasteiger partial charge is 0.355 e. The Balaban J connectivity index is 1.29. The summed E-state index contributed by atoms with van der Waals surface area (Å²) < 4.78 is 1.87. The summed E-state index contributed by atoms with van der Waals surface area (Å²) >= 11 is 1.48. The van der Waals surface area contributed by atoms with Gasteiger partial charge in [0, 0.05) is 32.7 Å². The van der Waals surface area contributed by atoms with Crippen LogP contribution >= 0.6 is 11.8 Å². The zero-order valence-electron chi connectivity index (χ0n) is 19.6. The third kappa shape index (κ3) is 5.77. The van der Waals surface area contributed by atoms with Crippen LogP contribution < -0.4 is 10.2 Å². The second kappa shape index (κ2) is 11.2. The van der Waals surface area contributed by atoms with Crippen molar-refractivity contribution < 1.29 is 9.59 Å². The van der Waals surface area contributed by atoms with E-state index >= 15 is 0 Å². The molecule has 178 valence electrons. The molecule has 0 aliphatic carbocycles. The van der Waals surface area contributed by atoms with Crippen LogP contribution in [0.25, 0.3) is 5.69 Å². The average Bonchev–Trinajstić information content (AvgIpc) is 3.17. The van der Waals surface area contributed by atoms with Crippen LogP contribution in [-0.2, 0) is 9.59 Å². The highest BCUT2D eigenvalue weighted by molar-refractivity contribution is 8.00. The van der Waals surface area contributed by atoms with Crippen molar-refractivity contribution in [3.63, 3.8) is 0 Å². The molecule has 0 saturated carbocycles. The number of fused-ring (bicyclic) bond motifs is 1. The highest BCUT2D eigenvalue weighted by Gasteiger charge is 2.32. The minimum atomic E-state index is -0.124. The number of hydrogen-bond acceptors (Lipinski definition) is 6. The van der Waals surface area contributed by atoms with Crippen molar-refractivity contribution in [1.82, 2.24) is 24.9 Å². The second-order valence-electron chi connectivity index (χ2n) is 8.64. The molecule has 4 rings (SSSR count). The number of rotatable bonds is 9. The van der Waals surface area contributed by atoms with Gasteiger partial charge in [-0.1, -0.05) is 36.9 Å². The number of para-hydroxylation sites is 1. The van der Waals surface area contributed by atoms with E-state index in [4.69, 9.17) is 0 Å². The average molecular weight is 471 g/mol. The summed E-state index contributed by atoms with van der Waals surface area (Å²) in [4.78, 5) is 31.9. The molecule has 3 heterocycles. The van der Waals surface area contributed by atoms with Crippen molar-refractivity contribution >= 4 is 29.3 Å². The first-order chi connectivity index (χ1) is 16.1. The van der Waals surface area contributed by atoms with Crippen molar-refractivity contribution in [2.45, 2.75) is 31.7 Å². The maximum absolute atomic E-state index is 12.7. The van der Waals surface area contributed by atoms with Gasteiger partial charge in [0.25, 0.3) is 0 Å². The molecule has 0 spiro atoms. The first-order valence-corrected chi connectivity index (χ1v) is 12.8. The highest BCUT2D eigenvalue weighted by Crippen LogP contribution is 2.39. The summed E-state index contributed by atoms with van der Waals surface area (Å²) in [6, 6.07) is 9.88. The van der Waals surface area contributed by atoms with E-state index in [0.29, 0.717) is 12.3 Å². The molecule has 0 unspecified atom stereocenters. The second-order valence-corrected chi connectivity index (χ2v) is 9.61. The molecular formula is C24H34N6O2S. The number of anilines is 1. The molecule has 9 heteroatoms. The summed E-state index contributed by atoms with van der Waals surface area (Å²) in [6.07, 6.45) is 2.12. The lowest BCUT2D eigenvalue weighted by atomic mass is 10.2. The van der Waals surface area contributed by atoms with E-state index < -0.39 is 0 Å². The van der Waals surface area contributed by atoms with Gasteiger partial charge in [-0.25, -0.2) is 4.68 Å². The van der Waals surface area contributed by atoms with Crippen molar-refractivity contribution in [3.8, 4) is 5.69 Å². The van der Waals surface area contributed by atoms with Crippen LogP contribution in [0, 0.1) is 6.92 Å². The maximum atomic E-state index is 12.7. The standard InChI is InChI=1S/C24H34N6O2S/c1-3-11-27-13-15-28(16-14-27)12-7-10-25-21(31)17-29-22(32)18-33-24-23(29)19(2)26-30(24)20-8-5-4-6-9-20/h4-6,8-9H,3,7,10-18H2,1-2H3,(H,25,31). The summed E-state index contributed by atoms with van der Waals surface area (Å²) in [5, 5.41) is 8.57. The lowest BCUT2D eigenvalue weighted by Crippen LogP contribution is -2.47. The van der Waals surface area contributed by atoms with E-state index in [-0.39, 0.29) is 18.4 Å². The van der Waals surface area contributed by atoms with Crippen LogP contribution in [0.15, 0.2) is 35.4 Å². The van der Waals surface area contributed by atoms with Crippen LogP contribution in [0.3, 0.4) is 0 Å². The Morgan fingerprint density at radius 3 is 2.48 bits per heavy atom. The van der Waals surface area contributed by atoms with Crippen molar-refractivity contribution in [1.29, 1.82) is 0 Å². The minimum absolute atomic E-state index is 0.0312. The fourth-order valence-corrected chi connectivity index (χ4v) is 5.54. The van der Waals surface area contributed by atoms with Gasteiger partial charge < -0.3 is 15.1 Å². The van der Waals surface area contributed by atoms with Gasteiger partial charge >= 0.3 is 0 Å². The smallest absolute Gasteiger partial charge is 0.240 e. The number of carbonyl (C=O) groups is 2. The number of nitrogens with zero attached hydrogens (tertiary/aromatic N) is 5. The van der Waals surface area contributed by atoms with Gasteiger partial charge in [-0.2, -0.15) is 5.10 Å². The lowest BCUT2D eigenvalue weighted by molar-refractivity contribution is -0.123. The molecule has 2 amide bonds. The Kier molecular flexibility index (Phi) is 8.06. The van der Waals surface area contributed by atoms with Crippen LogP contribution in [0.1, 0.15) is 25.5 Å². The number of hydrogen-bond donors (Lipinski definition) is 1. The molecule has 0 bridgehead atoms. The van der Waals surface area contributed by atoms with Gasteiger partial charge in [0.05, 0.1) is 22.8 Å². The Hall–Kier alpha value is -2.36. The maximum Gasteiger partial charge on any atom is 0.240 e. The van der Waals surface area contributed by atoms with E-state index in [1.165, 1.54) is 24.7 Å². The van der Waals surface area contributed by atoms with Gasteiger partial charge in [-0.05, 0) is 45.0 Å². The summed E-state index contributed by atoms with van der Waals surface area (Å²) in [7, 11) is 0. The molecule has 33 heavy (non-hydrogen) atoms. The SMILES string of the molecule is CCCN1CCN(CCCNC(=O)CN2C(=O)CSc3c2c(C)nn3-c2ccccc2)CC1.